The van der Waals surface area contributed by atoms with Crippen molar-refractivity contribution in [3.8, 4) is 0 Å². The monoisotopic (exact) mass is 304 g/mol. The number of halogens is 1. The normalized spacial score (nSPS) is 10.0. The highest BCUT2D eigenvalue weighted by molar-refractivity contribution is 6.33. The Morgan fingerprint density at radius 2 is 2.10 bits per heavy atom. The number of carbonyl (C=O) groups is 2. The van der Waals surface area contributed by atoms with Crippen LogP contribution in [0.2, 0.25) is 5.15 Å². The smallest absolute Gasteiger partial charge is 0.338 e. The molecule has 5 nitrogen and oxygen atoms in total. The zero-order valence-electron chi connectivity index (χ0n) is 11.3. The van der Waals surface area contributed by atoms with E-state index in [-0.39, 0.29) is 10.7 Å². The van der Waals surface area contributed by atoms with Gasteiger partial charge in [-0.1, -0.05) is 17.7 Å². The second-order valence-corrected chi connectivity index (χ2v) is 4.46. The van der Waals surface area contributed by atoms with Crippen molar-refractivity contribution in [3.05, 3.63) is 58.9 Å². The highest BCUT2D eigenvalue weighted by Crippen LogP contribution is 2.16. The third kappa shape index (κ3) is 3.79. The molecule has 0 aliphatic heterocycles. The van der Waals surface area contributed by atoms with Gasteiger partial charge in [-0.15, -0.1) is 0 Å². The molecule has 2 rings (SSSR count). The highest BCUT2D eigenvalue weighted by Gasteiger charge is 2.12. The number of benzene rings is 1. The van der Waals surface area contributed by atoms with Crippen molar-refractivity contribution in [1.29, 1.82) is 0 Å². The maximum atomic E-state index is 12.1. The molecule has 108 valence electrons. The van der Waals surface area contributed by atoms with Crippen LogP contribution in [0.15, 0.2) is 42.6 Å². The lowest BCUT2D eigenvalue weighted by atomic mass is 10.2. The molecule has 21 heavy (non-hydrogen) atoms. The fourth-order valence-corrected chi connectivity index (χ4v) is 1.90. The van der Waals surface area contributed by atoms with Crippen LogP contribution in [0.3, 0.4) is 0 Å². The zero-order valence-corrected chi connectivity index (χ0v) is 12.1. The number of aromatic nitrogens is 1. The van der Waals surface area contributed by atoms with E-state index in [1.165, 1.54) is 6.20 Å². The van der Waals surface area contributed by atoms with Crippen molar-refractivity contribution in [2.45, 2.75) is 6.92 Å². The van der Waals surface area contributed by atoms with E-state index < -0.39 is 11.9 Å². The quantitative estimate of drug-likeness (QED) is 0.696. The summed E-state index contributed by atoms with van der Waals surface area (Å²) >= 11 is 5.86. The molecular formula is C15H13ClN2O3. The average Bonchev–Trinajstić information content (AvgIpc) is 2.48. The maximum Gasteiger partial charge on any atom is 0.338 e. The number of carbonyl (C=O) groups excluding carboxylic acids is 2. The lowest BCUT2D eigenvalue weighted by molar-refractivity contribution is 0.0526. The Bertz CT molecular complexity index is 673. The molecule has 0 aliphatic rings. The van der Waals surface area contributed by atoms with E-state index in [0.29, 0.717) is 17.9 Å². The Hall–Kier alpha value is -2.40. The minimum Gasteiger partial charge on any atom is -0.462 e. The van der Waals surface area contributed by atoms with Gasteiger partial charge in [0.2, 0.25) is 0 Å². The predicted octanol–water partition coefficient (Wildman–Crippen LogP) is 3.16. The van der Waals surface area contributed by atoms with Crippen LogP contribution in [0.5, 0.6) is 0 Å². The van der Waals surface area contributed by atoms with Crippen LogP contribution in [-0.2, 0) is 4.74 Å². The summed E-state index contributed by atoms with van der Waals surface area (Å²) in [6.45, 7) is 2.02. The molecule has 0 saturated heterocycles. The molecule has 2 aromatic rings. The van der Waals surface area contributed by atoms with Gasteiger partial charge in [-0.2, -0.15) is 0 Å². The van der Waals surface area contributed by atoms with Crippen molar-refractivity contribution < 1.29 is 14.3 Å². The summed E-state index contributed by atoms with van der Waals surface area (Å²) in [5.74, 6) is -0.831. The highest BCUT2D eigenvalue weighted by atomic mass is 35.5. The summed E-state index contributed by atoms with van der Waals surface area (Å²) in [7, 11) is 0. The van der Waals surface area contributed by atoms with Gasteiger partial charge in [0.15, 0.2) is 0 Å². The number of pyridine rings is 1. The van der Waals surface area contributed by atoms with Gasteiger partial charge in [-0.3, -0.25) is 4.79 Å². The van der Waals surface area contributed by atoms with E-state index in [1.54, 1.807) is 43.3 Å². The first-order valence-corrected chi connectivity index (χ1v) is 6.68. The molecule has 1 amide bonds. The standard InChI is InChI=1S/C15H13ClN2O3/c1-2-21-15(20)10-5-3-6-11(9-10)18-14(19)12-7-4-8-17-13(12)16/h3-9H,2H2,1H3,(H,18,19). The zero-order chi connectivity index (χ0) is 15.2. The fourth-order valence-electron chi connectivity index (χ4n) is 1.69. The number of nitrogens with zero attached hydrogens (tertiary/aromatic N) is 1. The Kier molecular flexibility index (Phi) is 4.90. The summed E-state index contributed by atoms with van der Waals surface area (Å²) in [4.78, 5) is 27.6. The first-order valence-electron chi connectivity index (χ1n) is 6.31. The summed E-state index contributed by atoms with van der Waals surface area (Å²) in [6, 6.07) is 9.68. The minimum absolute atomic E-state index is 0.122. The number of hydrogen-bond donors (Lipinski definition) is 1. The van der Waals surface area contributed by atoms with Gasteiger partial charge in [0.1, 0.15) is 5.15 Å². The summed E-state index contributed by atoms with van der Waals surface area (Å²) in [6.07, 6.45) is 1.50. The van der Waals surface area contributed by atoms with Crippen LogP contribution in [0, 0.1) is 0 Å². The molecule has 0 radical (unpaired) electrons. The van der Waals surface area contributed by atoms with E-state index in [0.717, 1.165) is 0 Å². The molecule has 0 spiro atoms. The molecule has 0 aliphatic carbocycles. The first-order chi connectivity index (χ1) is 10.1. The summed E-state index contributed by atoms with van der Waals surface area (Å²) in [5, 5.41) is 2.79. The van der Waals surface area contributed by atoms with E-state index in [4.69, 9.17) is 16.3 Å². The largest absolute Gasteiger partial charge is 0.462 e. The molecule has 0 fully saturated rings. The number of esters is 1. The van der Waals surface area contributed by atoms with Gasteiger partial charge in [0.05, 0.1) is 17.7 Å². The van der Waals surface area contributed by atoms with E-state index in [2.05, 4.69) is 10.3 Å². The second kappa shape index (κ2) is 6.85. The summed E-state index contributed by atoms with van der Waals surface area (Å²) in [5.41, 5.74) is 1.11. The Balaban J connectivity index is 2.17. The van der Waals surface area contributed by atoms with E-state index >= 15 is 0 Å². The molecule has 6 heteroatoms. The fraction of sp³-hybridized carbons (Fsp3) is 0.133. The van der Waals surface area contributed by atoms with Crippen LogP contribution < -0.4 is 5.32 Å². The van der Waals surface area contributed by atoms with E-state index in [9.17, 15) is 9.59 Å². The van der Waals surface area contributed by atoms with Crippen LogP contribution >= 0.6 is 11.6 Å². The first kappa shape index (κ1) is 15.0. The molecule has 1 heterocycles. The average molecular weight is 305 g/mol. The van der Waals surface area contributed by atoms with Crippen molar-refractivity contribution in [2.75, 3.05) is 11.9 Å². The van der Waals surface area contributed by atoms with Crippen molar-refractivity contribution in [1.82, 2.24) is 4.98 Å². The van der Waals surface area contributed by atoms with Crippen LogP contribution in [0.1, 0.15) is 27.6 Å². The Morgan fingerprint density at radius 1 is 1.29 bits per heavy atom. The van der Waals surface area contributed by atoms with Crippen LogP contribution in [0.4, 0.5) is 5.69 Å². The van der Waals surface area contributed by atoms with E-state index in [1.807, 2.05) is 0 Å². The molecule has 0 bridgehead atoms. The maximum absolute atomic E-state index is 12.1. The number of anilines is 1. The van der Waals surface area contributed by atoms with Crippen molar-refractivity contribution in [2.24, 2.45) is 0 Å². The number of rotatable bonds is 4. The predicted molar refractivity (Wildman–Crippen MR) is 79.6 cm³/mol. The second-order valence-electron chi connectivity index (χ2n) is 4.10. The van der Waals surface area contributed by atoms with Crippen molar-refractivity contribution >= 4 is 29.2 Å². The number of amides is 1. The molecule has 0 saturated carbocycles. The Morgan fingerprint density at radius 3 is 2.81 bits per heavy atom. The molecule has 1 N–H and O–H groups in total. The molecule has 0 unspecified atom stereocenters. The van der Waals surface area contributed by atoms with Gasteiger partial charge in [0.25, 0.3) is 5.91 Å². The summed E-state index contributed by atoms with van der Waals surface area (Å²) < 4.78 is 4.91. The van der Waals surface area contributed by atoms with Gasteiger partial charge >= 0.3 is 5.97 Å². The van der Waals surface area contributed by atoms with Crippen LogP contribution in [-0.4, -0.2) is 23.5 Å². The van der Waals surface area contributed by atoms with Gasteiger partial charge < -0.3 is 10.1 Å². The van der Waals surface area contributed by atoms with Crippen LogP contribution in [0.25, 0.3) is 0 Å². The number of hydrogen-bond acceptors (Lipinski definition) is 4. The Labute approximate surface area is 126 Å². The van der Waals surface area contributed by atoms with Crippen molar-refractivity contribution in [3.63, 3.8) is 0 Å². The molecule has 0 atom stereocenters. The van der Waals surface area contributed by atoms with Gasteiger partial charge in [-0.25, -0.2) is 9.78 Å². The number of ether oxygens (including phenoxy) is 1. The third-order valence-electron chi connectivity index (χ3n) is 2.64. The molecular weight excluding hydrogens is 292 g/mol. The minimum atomic E-state index is -0.437. The third-order valence-corrected chi connectivity index (χ3v) is 2.94. The topological polar surface area (TPSA) is 68.3 Å². The lowest BCUT2D eigenvalue weighted by Crippen LogP contribution is -2.13. The van der Waals surface area contributed by atoms with Gasteiger partial charge in [-0.05, 0) is 37.3 Å². The lowest BCUT2D eigenvalue weighted by Gasteiger charge is -2.08. The molecule has 1 aromatic heterocycles. The number of nitrogens with one attached hydrogen (secondary N) is 1. The molecule has 1 aromatic carbocycles. The van der Waals surface area contributed by atoms with Gasteiger partial charge in [0, 0.05) is 11.9 Å². The SMILES string of the molecule is CCOC(=O)c1cccc(NC(=O)c2cccnc2Cl)c1.